The molecule has 1 atom stereocenters. The lowest BCUT2D eigenvalue weighted by Gasteiger charge is -2.29. The van der Waals surface area contributed by atoms with E-state index in [4.69, 9.17) is 9.47 Å². The maximum absolute atomic E-state index is 5.69. The Hall–Kier alpha value is -1.06. The molecule has 1 unspecified atom stereocenters. The van der Waals surface area contributed by atoms with Crippen LogP contribution in [0, 0.1) is 5.92 Å². The lowest BCUT2D eigenvalue weighted by molar-refractivity contribution is 0.0648. The van der Waals surface area contributed by atoms with Gasteiger partial charge in [0, 0.05) is 31.2 Å². The van der Waals surface area contributed by atoms with Crippen LogP contribution in [0.4, 0.5) is 0 Å². The smallest absolute Gasteiger partial charge is 0.124 e. The Morgan fingerprint density at radius 3 is 2.78 bits per heavy atom. The summed E-state index contributed by atoms with van der Waals surface area (Å²) in [7, 11) is 0. The predicted octanol–water partition coefficient (Wildman–Crippen LogP) is 2.53. The molecule has 0 spiro atoms. The zero-order valence-electron chi connectivity index (χ0n) is 10.7. The molecule has 2 heterocycles. The zero-order chi connectivity index (χ0) is 12.2. The number of nitrogens with one attached hydrogen (secondary N) is 1. The van der Waals surface area contributed by atoms with Crippen molar-refractivity contribution in [1.29, 1.82) is 0 Å². The Kier molecular flexibility index (Phi) is 3.81. The second-order valence-corrected chi connectivity index (χ2v) is 5.19. The predicted molar refractivity (Wildman–Crippen MR) is 70.8 cm³/mol. The molecule has 1 aromatic rings. The average Bonchev–Trinajstić information content (AvgIpc) is 2.46. The van der Waals surface area contributed by atoms with E-state index >= 15 is 0 Å². The lowest BCUT2D eigenvalue weighted by Crippen LogP contribution is -2.33. The fourth-order valence-electron chi connectivity index (χ4n) is 2.81. The Bertz CT molecular complexity index is 388. The Morgan fingerprint density at radius 2 is 1.89 bits per heavy atom. The van der Waals surface area contributed by atoms with Crippen molar-refractivity contribution in [2.45, 2.75) is 25.3 Å². The molecule has 2 aliphatic heterocycles. The third-order valence-corrected chi connectivity index (χ3v) is 3.95. The average molecular weight is 247 g/mol. The molecule has 1 aromatic carbocycles. The molecule has 2 aliphatic rings. The SMILES string of the molecule is c1ccc2c(c1)OCCC2NCC1CCOCC1. The summed E-state index contributed by atoms with van der Waals surface area (Å²) in [6.45, 7) is 3.78. The number of hydrogen-bond acceptors (Lipinski definition) is 3. The second kappa shape index (κ2) is 5.72. The molecule has 3 rings (SSSR count). The topological polar surface area (TPSA) is 30.5 Å². The molecule has 1 fully saturated rings. The minimum absolute atomic E-state index is 0.456. The summed E-state index contributed by atoms with van der Waals surface area (Å²) < 4.78 is 11.1. The van der Waals surface area contributed by atoms with E-state index in [1.807, 2.05) is 6.07 Å². The van der Waals surface area contributed by atoms with Crippen molar-refractivity contribution in [3.05, 3.63) is 29.8 Å². The molecular weight excluding hydrogens is 226 g/mol. The van der Waals surface area contributed by atoms with Gasteiger partial charge in [0.15, 0.2) is 0 Å². The molecule has 0 aromatic heterocycles. The number of benzene rings is 1. The number of ether oxygens (including phenoxy) is 2. The minimum Gasteiger partial charge on any atom is -0.493 e. The fourth-order valence-corrected chi connectivity index (χ4v) is 2.81. The highest BCUT2D eigenvalue weighted by atomic mass is 16.5. The van der Waals surface area contributed by atoms with Crippen molar-refractivity contribution in [2.75, 3.05) is 26.4 Å². The normalized spacial score (nSPS) is 24.3. The van der Waals surface area contributed by atoms with Crippen molar-refractivity contribution in [1.82, 2.24) is 5.32 Å². The molecule has 0 amide bonds. The summed E-state index contributed by atoms with van der Waals surface area (Å²) in [5.41, 5.74) is 1.32. The third-order valence-electron chi connectivity index (χ3n) is 3.95. The first-order valence-corrected chi connectivity index (χ1v) is 6.96. The molecule has 98 valence electrons. The van der Waals surface area contributed by atoms with Crippen LogP contribution in [0.1, 0.15) is 30.9 Å². The molecule has 0 saturated carbocycles. The number of fused-ring (bicyclic) bond motifs is 1. The van der Waals surface area contributed by atoms with Gasteiger partial charge in [-0.05, 0) is 31.4 Å². The van der Waals surface area contributed by atoms with Crippen molar-refractivity contribution in [2.24, 2.45) is 5.92 Å². The van der Waals surface area contributed by atoms with Crippen LogP contribution in [0.2, 0.25) is 0 Å². The van der Waals surface area contributed by atoms with Gasteiger partial charge in [-0.15, -0.1) is 0 Å². The van der Waals surface area contributed by atoms with E-state index < -0.39 is 0 Å². The van der Waals surface area contributed by atoms with Crippen LogP contribution < -0.4 is 10.1 Å². The van der Waals surface area contributed by atoms with Gasteiger partial charge in [0.2, 0.25) is 0 Å². The van der Waals surface area contributed by atoms with Crippen LogP contribution >= 0.6 is 0 Å². The highest BCUT2D eigenvalue weighted by Crippen LogP contribution is 2.31. The third kappa shape index (κ3) is 2.68. The van der Waals surface area contributed by atoms with Gasteiger partial charge >= 0.3 is 0 Å². The monoisotopic (exact) mass is 247 g/mol. The number of hydrogen-bond donors (Lipinski definition) is 1. The van der Waals surface area contributed by atoms with Crippen LogP contribution in [0.3, 0.4) is 0 Å². The summed E-state index contributed by atoms with van der Waals surface area (Å²) >= 11 is 0. The first-order chi connectivity index (χ1) is 8.93. The zero-order valence-corrected chi connectivity index (χ0v) is 10.7. The van der Waals surface area contributed by atoms with Gasteiger partial charge in [-0.1, -0.05) is 18.2 Å². The maximum Gasteiger partial charge on any atom is 0.124 e. The quantitative estimate of drug-likeness (QED) is 0.890. The maximum atomic E-state index is 5.69. The molecule has 0 aliphatic carbocycles. The van der Waals surface area contributed by atoms with E-state index in [9.17, 15) is 0 Å². The molecule has 1 saturated heterocycles. The summed E-state index contributed by atoms with van der Waals surface area (Å²) in [6.07, 6.45) is 3.45. The van der Waals surface area contributed by atoms with Crippen LogP contribution in [0.15, 0.2) is 24.3 Å². The van der Waals surface area contributed by atoms with Gasteiger partial charge in [-0.25, -0.2) is 0 Å². The minimum atomic E-state index is 0.456. The van der Waals surface area contributed by atoms with Crippen LogP contribution in [-0.4, -0.2) is 26.4 Å². The largest absolute Gasteiger partial charge is 0.493 e. The molecule has 0 radical (unpaired) electrons. The molecule has 18 heavy (non-hydrogen) atoms. The Balaban J connectivity index is 1.60. The van der Waals surface area contributed by atoms with Crippen LogP contribution in [-0.2, 0) is 4.74 Å². The van der Waals surface area contributed by atoms with Gasteiger partial charge in [-0.3, -0.25) is 0 Å². The number of rotatable bonds is 3. The van der Waals surface area contributed by atoms with E-state index in [0.29, 0.717) is 6.04 Å². The number of para-hydroxylation sites is 1. The van der Waals surface area contributed by atoms with E-state index in [1.54, 1.807) is 0 Å². The summed E-state index contributed by atoms with van der Waals surface area (Å²) in [6, 6.07) is 8.84. The van der Waals surface area contributed by atoms with Gasteiger partial charge in [0.25, 0.3) is 0 Å². The lowest BCUT2D eigenvalue weighted by atomic mass is 9.97. The van der Waals surface area contributed by atoms with Crippen molar-refractivity contribution < 1.29 is 9.47 Å². The highest BCUT2D eigenvalue weighted by Gasteiger charge is 2.22. The Labute approximate surface area is 108 Å². The summed E-state index contributed by atoms with van der Waals surface area (Å²) in [4.78, 5) is 0. The van der Waals surface area contributed by atoms with E-state index in [0.717, 1.165) is 44.5 Å². The second-order valence-electron chi connectivity index (χ2n) is 5.19. The molecule has 0 bridgehead atoms. The molecule has 3 heteroatoms. The van der Waals surface area contributed by atoms with Gasteiger partial charge in [0.1, 0.15) is 5.75 Å². The fraction of sp³-hybridized carbons (Fsp3) is 0.600. The first kappa shape index (κ1) is 12.0. The van der Waals surface area contributed by atoms with Crippen molar-refractivity contribution in [3.8, 4) is 5.75 Å². The molecular formula is C15H21NO2. The van der Waals surface area contributed by atoms with Crippen molar-refractivity contribution >= 4 is 0 Å². The van der Waals surface area contributed by atoms with Crippen LogP contribution in [0.5, 0.6) is 5.75 Å². The molecule has 3 nitrogen and oxygen atoms in total. The first-order valence-electron chi connectivity index (χ1n) is 6.96. The van der Waals surface area contributed by atoms with Crippen molar-refractivity contribution in [3.63, 3.8) is 0 Å². The Morgan fingerprint density at radius 1 is 1.06 bits per heavy atom. The standard InChI is InChI=1S/C15H21NO2/c1-2-4-15-13(3-1)14(7-10-18-15)16-11-12-5-8-17-9-6-12/h1-4,12,14,16H,5-11H2. The van der Waals surface area contributed by atoms with E-state index in [2.05, 4.69) is 23.5 Å². The summed E-state index contributed by atoms with van der Waals surface area (Å²) in [5.74, 6) is 1.82. The van der Waals surface area contributed by atoms with E-state index in [-0.39, 0.29) is 0 Å². The molecule has 1 N–H and O–H groups in total. The highest BCUT2D eigenvalue weighted by molar-refractivity contribution is 5.37. The summed E-state index contributed by atoms with van der Waals surface area (Å²) in [5, 5.41) is 3.71. The van der Waals surface area contributed by atoms with Gasteiger partial charge in [-0.2, -0.15) is 0 Å². The van der Waals surface area contributed by atoms with E-state index in [1.165, 1.54) is 18.4 Å². The van der Waals surface area contributed by atoms with Crippen LogP contribution in [0.25, 0.3) is 0 Å². The van der Waals surface area contributed by atoms with Gasteiger partial charge in [0.05, 0.1) is 6.61 Å². The van der Waals surface area contributed by atoms with Gasteiger partial charge < -0.3 is 14.8 Å².